The summed E-state index contributed by atoms with van der Waals surface area (Å²) in [5, 5.41) is 8.49. The number of nitrogens with one attached hydrogen (secondary N) is 2. The van der Waals surface area contributed by atoms with E-state index >= 15 is 0 Å². The molecule has 0 unspecified atom stereocenters. The Morgan fingerprint density at radius 2 is 2.38 bits per heavy atom. The Hall–Kier alpha value is -1.85. The summed E-state index contributed by atoms with van der Waals surface area (Å²) in [6, 6.07) is -0.678. The Balaban J connectivity index is 2.56. The van der Waals surface area contributed by atoms with Crippen LogP contribution in [0, 0.1) is 0 Å². The lowest BCUT2D eigenvalue weighted by Gasteiger charge is -2.07. The zero-order valence-electron chi connectivity index (χ0n) is 7.07. The first-order valence-corrected chi connectivity index (χ1v) is 3.70. The molecule has 6 nitrogen and oxygen atoms in total. The maximum atomic E-state index is 11.2. The highest BCUT2D eigenvalue weighted by Gasteiger charge is 2.13. The summed E-state index contributed by atoms with van der Waals surface area (Å²) in [4.78, 5) is 21.8. The molecule has 1 atom stereocenters. The summed E-state index contributed by atoms with van der Waals surface area (Å²) in [7, 11) is 0. The van der Waals surface area contributed by atoms with E-state index in [4.69, 9.17) is 5.73 Å². The molecule has 0 aliphatic heterocycles. The highest BCUT2D eigenvalue weighted by Crippen LogP contribution is 1.93. The van der Waals surface area contributed by atoms with Crippen LogP contribution in [0.5, 0.6) is 0 Å². The van der Waals surface area contributed by atoms with Gasteiger partial charge in [0.1, 0.15) is 6.04 Å². The van der Waals surface area contributed by atoms with Crippen molar-refractivity contribution >= 4 is 11.8 Å². The second-order valence-electron chi connectivity index (χ2n) is 2.58. The van der Waals surface area contributed by atoms with Gasteiger partial charge in [-0.1, -0.05) is 0 Å². The molecule has 0 aliphatic carbocycles. The lowest BCUT2D eigenvalue weighted by Crippen LogP contribution is -2.42. The number of amides is 2. The maximum absolute atomic E-state index is 11.2. The molecule has 0 fully saturated rings. The molecule has 70 valence electrons. The molecule has 6 heteroatoms. The Morgan fingerprint density at radius 3 is 2.85 bits per heavy atom. The molecule has 0 aromatic carbocycles. The van der Waals surface area contributed by atoms with Gasteiger partial charge in [0.15, 0.2) is 0 Å². The average Bonchev–Trinajstić information content (AvgIpc) is 2.55. The quantitative estimate of drug-likeness (QED) is 0.559. The van der Waals surface area contributed by atoms with E-state index in [1.165, 1.54) is 19.3 Å². The van der Waals surface area contributed by atoms with Crippen LogP contribution in [-0.2, 0) is 4.79 Å². The number of aromatic amines is 1. The molecule has 1 rings (SSSR count). The summed E-state index contributed by atoms with van der Waals surface area (Å²) in [5.41, 5.74) is 5.33. The number of nitrogens with two attached hydrogens (primary N) is 1. The van der Waals surface area contributed by atoms with Crippen molar-refractivity contribution in [2.45, 2.75) is 13.0 Å². The first-order chi connectivity index (χ1) is 6.11. The van der Waals surface area contributed by atoms with Gasteiger partial charge in [0.25, 0.3) is 5.91 Å². The van der Waals surface area contributed by atoms with Crippen LogP contribution in [-0.4, -0.2) is 28.1 Å². The van der Waals surface area contributed by atoms with Crippen LogP contribution in [0.3, 0.4) is 0 Å². The zero-order chi connectivity index (χ0) is 9.84. The number of aromatic nitrogens is 2. The number of carbonyl (C=O) groups is 2. The fraction of sp³-hybridized carbons (Fsp3) is 0.286. The van der Waals surface area contributed by atoms with E-state index in [0.717, 1.165) is 0 Å². The van der Waals surface area contributed by atoms with Crippen LogP contribution in [0.15, 0.2) is 12.4 Å². The van der Waals surface area contributed by atoms with Crippen LogP contribution < -0.4 is 11.1 Å². The number of rotatable bonds is 3. The summed E-state index contributed by atoms with van der Waals surface area (Å²) < 4.78 is 0. The first-order valence-electron chi connectivity index (χ1n) is 3.70. The Kier molecular flexibility index (Phi) is 2.63. The lowest BCUT2D eigenvalue weighted by molar-refractivity contribution is -0.119. The number of hydrogen-bond acceptors (Lipinski definition) is 3. The maximum Gasteiger partial charge on any atom is 0.255 e. The third kappa shape index (κ3) is 2.29. The standard InChI is InChI=1S/C7H10N4O2/c1-4(6(8)12)11-7(13)5-2-9-10-3-5/h2-4H,1H3,(H2,8,12)(H,9,10)(H,11,13)/t4-/m1/s1. The third-order valence-electron chi connectivity index (χ3n) is 1.53. The van der Waals surface area contributed by atoms with Crippen LogP contribution in [0.25, 0.3) is 0 Å². The van der Waals surface area contributed by atoms with Gasteiger partial charge in [-0.25, -0.2) is 0 Å². The van der Waals surface area contributed by atoms with Crippen molar-refractivity contribution in [1.82, 2.24) is 15.5 Å². The topological polar surface area (TPSA) is 101 Å². The Morgan fingerprint density at radius 1 is 1.69 bits per heavy atom. The normalized spacial score (nSPS) is 12.1. The molecule has 4 N–H and O–H groups in total. The fourth-order valence-corrected chi connectivity index (χ4v) is 0.726. The van der Waals surface area contributed by atoms with Crippen LogP contribution >= 0.6 is 0 Å². The van der Waals surface area contributed by atoms with Crippen molar-refractivity contribution in [2.24, 2.45) is 5.73 Å². The van der Waals surface area contributed by atoms with E-state index in [2.05, 4.69) is 15.5 Å². The van der Waals surface area contributed by atoms with E-state index in [1.807, 2.05) is 0 Å². The van der Waals surface area contributed by atoms with Gasteiger partial charge in [0.2, 0.25) is 5.91 Å². The lowest BCUT2D eigenvalue weighted by atomic mass is 10.3. The minimum atomic E-state index is -0.678. The Bertz CT molecular complexity index is 306. The molecule has 2 amide bonds. The molecule has 0 saturated carbocycles. The van der Waals surface area contributed by atoms with E-state index in [1.54, 1.807) is 0 Å². The molecular weight excluding hydrogens is 172 g/mol. The minimum absolute atomic E-state index is 0.369. The molecule has 13 heavy (non-hydrogen) atoms. The number of hydrogen-bond donors (Lipinski definition) is 3. The van der Waals surface area contributed by atoms with Gasteiger partial charge in [0, 0.05) is 6.20 Å². The number of primary amides is 1. The van der Waals surface area contributed by atoms with Gasteiger partial charge in [-0.05, 0) is 6.92 Å². The molecule has 0 spiro atoms. The van der Waals surface area contributed by atoms with Crippen molar-refractivity contribution in [3.05, 3.63) is 18.0 Å². The van der Waals surface area contributed by atoms with Gasteiger partial charge in [0.05, 0.1) is 11.8 Å². The SMILES string of the molecule is C[C@@H](NC(=O)c1cn[nH]c1)C(N)=O. The molecule has 0 saturated heterocycles. The highest BCUT2D eigenvalue weighted by molar-refractivity contribution is 5.96. The second kappa shape index (κ2) is 3.70. The molecule has 0 aliphatic rings. The van der Waals surface area contributed by atoms with Crippen molar-refractivity contribution in [3.63, 3.8) is 0 Å². The fourth-order valence-electron chi connectivity index (χ4n) is 0.726. The average molecular weight is 182 g/mol. The number of carbonyl (C=O) groups excluding carboxylic acids is 2. The van der Waals surface area contributed by atoms with E-state index < -0.39 is 11.9 Å². The van der Waals surface area contributed by atoms with Gasteiger partial charge in [-0.3, -0.25) is 14.7 Å². The van der Waals surface area contributed by atoms with Gasteiger partial charge >= 0.3 is 0 Å². The highest BCUT2D eigenvalue weighted by atomic mass is 16.2. The van der Waals surface area contributed by atoms with Crippen LogP contribution in [0.2, 0.25) is 0 Å². The molecule has 1 aromatic rings. The van der Waals surface area contributed by atoms with Crippen LogP contribution in [0.4, 0.5) is 0 Å². The molecule has 1 aromatic heterocycles. The molecule has 0 bridgehead atoms. The summed E-state index contributed by atoms with van der Waals surface area (Å²) in [5.74, 6) is -0.947. The van der Waals surface area contributed by atoms with Gasteiger partial charge in [-0.2, -0.15) is 5.10 Å². The smallest absolute Gasteiger partial charge is 0.255 e. The monoisotopic (exact) mass is 182 g/mol. The van der Waals surface area contributed by atoms with E-state index in [0.29, 0.717) is 5.56 Å². The zero-order valence-corrected chi connectivity index (χ0v) is 7.07. The largest absolute Gasteiger partial charge is 0.368 e. The van der Waals surface area contributed by atoms with Crippen molar-refractivity contribution in [2.75, 3.05) is 0 Å². The Labute approximate surface area is 74.5 Å². The van der Waals surface area contributed by atoms with E-state index in [-0.39, 0.29) is 5.91 Å². The predicted molar refractivity (Wildman–Crippen MR) is 44.7 cm³/mol. The summed E-state index contributed by atoms with van der Waals surface area (Å²) in [6.07, 6.45) is 2.80. The van der Waals surface area contributed by atoms with Crippen molar-refractivity contribution in [3.8, 4) is 0 Å². The molecule has 0 radical (unpaired) electrons. The third-order valence-corrected chi connectivity index (χ3v) is 1.53. The van der Waals surface area contributed by atoms with Crippen molar-refractivity contribution in [1.29, 1.82) is 0 Å². The van der Waals surface area contributed by atoms with Gasteiger partial charge in [-0.15, -0.1) is 0 Å². The van der Waals surface area contributed by atoms with Crippen molar-refractivity contribution < 1.29 is 9.59 Å². The molecule has 1 heterocycles. The minimum Gasteiger partial charge on any atom is -0.368 e. The molecular formula is C7H10N4O2. The first kappa shape index (κ1) is 9.24. The van der Waals surface area contributed by atoms with E-state index in [9.17, 15) is 9.59 Å². The number of nitrogens with zero attached hydrogens (tertiary/aromatic N) is 1. The summed E-state index contributed by atoms with van der Waals surface area (Å²) >= 11 is 0. The number of H-pyrrole nitrogens is 1. The second-order valence-corrected chi connectivity index (χ2v) is 2.58. The predicted octanol–water partition coefficient (Wildman–Crippen LogP) is -0.987. The summed E-state index contributed by atoms with van der Waals surface area (Å²) in [6.45, 7) is 1.51. The van der Waals surface area contributed by atoms with Gasteiger partial charge < -0.3 is 11.1 Å². The van der Waals surface area contributed by atoms with Crippen LogP contribution in [0.1, 0.15) is 17.3 Å².